The number of carbonyl (C=O) groups is 4. The highest BCUT2D eigenvalue weighted by atomic mass is 33.1. The van der Waals surface area contributed by atoms with E-state index in [1.165, 1.54) is 13.8 Å². The van der Waals surface area contributed by atoms with Gasteiger partial charge in [0, 0.05) is 24.5 Å². The molecule has 5 nitrogen and oxygen atoms in total. The summed E-state index contributed by atoms with van der Waals surface area (Å²) < 4.78 is 0. The molecule has 7 heteroatoms. The van der Waals surface area contributed by atoms with Crippen LogP contribution in [0.5, 0.6) is 0 Å². The fourth-order valence-corrected chi connectivity index (χ4v) is 3.13. The molecule has 0 aromatic heterocycles. The van der Waals surface area contributed by atoms with Gasteiger partial charge in [0.2, 0.25) is 5.91 Å². The van der Waals surface area contributed by atoms with Gasteiger partial charge in [0.1, 0.15) is 12.1 Å². The first-order valence-corrected chi connectivity index (χ1v) is 9.06. The van der Waals surface area contributed by atoms with Crippen molar-refractivity contribution in [1.82, 2.24) is 5.32 Å². The Morgan fingerprint density at radius 3 is 2.50 bits per heavy atom. The number of rotatable bonds is 6. The van der Waals surface area contributed by atoms with Crippen molar-refractivity contribution < 1.29 is 19.2 Å². The molecule has 0 saturated heterocycles. The van der Waals surface area contributed by atoms with E-state index in [1.807, 2.05) is 6.26 Å². The quantitative estimate of drug-likeness (QED) is 0.592. The van der Waals surface area contributed by atoms with Crippen LogP contribution in [0.4, 0.5) is 0 Å². The van der Waals surface area contributed by atoms with E-state index in [0.29, 0.717) is 25.0 Å². The van der Waals surface area contributed by atoms with Crippen molar-refractivity contribution in [2.45, 2.75) is 39.2 Å². The summed E-state index contributed by atoms with van der Waals surface area (Å²) in [6.07, 6.45) is 4.11. The number of hydrogen-bond donors (Lipinski definition) is 1. The number of nitrogens with one attached hydrogen (secondary N) is 1. The van der Waals surface area contributed by atoms with Gasteiger partial charge in [-0.15, -0.1) is 0 Å². The van der Waals surface area contributed by atoms with E-state index in [9.17, 15) is 14.4 Å². The third-order valence-electron chi connectivity index (χ3n) is 2.78. The minimum absolute atomic E-state index is 0.0378. The smallest absolute Gasteiger partial charge is 0.224 e. The van der Waals surface area contributed by atoms with Gasteiger partial charge in [0.05, 0.1) is 6.04 Å². The third-order valence-corrected chi connectivity index (χ3v) is 4.60. The highest BCUT2D eigenvalue weighted by molar-refractivity contribution is 8.76. The van der Waals surface area contributed by atoms with Gasteiger partial charge in [-0.05, 0) is 26.5 Å². The Morgan fingerprint density at radius 1 is 1.50 bits per heavy atom. The summed E-state index contributed by atoms with van der Waals surface area (Å²) in [5.41, 5.74) is 0. The molecule has 1 aliphatic rings. The highest BCUT2D eigenvalue weighted by Crippen LogP contribution is 2.23. The van der Waals surface area contributed by atoms with Crippen LogP contribution in [-0.2, 0) is 19.2 Å². The maximum atomic E-state index is 11.8. The lowest BCUT2D eigenvalue weighted by Gasteiger charge is -2.17. The lowest BCUT2D eigenvalue weighted by molar-refractivity contribution is -0.129. The summed E-state index contributed by atoms with van der Waals surface area (Å²) in [5.74, 6) is 0.289. The van der Waals surface area contributed by atoms with E-state index in [2.05, 4.69) is 5.32 Å². The zero-order chi connectivity index (χ0) is 15.5. The fourth-order valence-electron chi connectivity index (χ4n) is 1.72. The van der Waals surface area contributed by atoms with E-state index in [4.69, 9.17) is 4.79 Å². The lowest BCUT2D eigenvalue weighted by atomic mass is 10.1. The monoisotopic (exact) mass is 319 g/mol. The molecule has 1 rings (SSSR count). The second kappa shape index (κ2) is 10.9. The van der Waals surface area contributed by atoms with Crippen LogP contribution in [0, 0.1) is 5.92 Å². The lowest BCUT2D eigenvalue weighted by Crippen LogP contribution is -2.43. The second-order valence-electron chi connectivity index (χ2n) is 4.34. The van der Waals surface area contributed by atoms with Crippen molar-refractivity contribution in [3.05, 3.63) is 0 Å². The van der Waals surface area contributed by atoms with Gasteiger partial charge in [-0.25, -0.2) is 0 Å². The Kier molecular flexibility index (Phi) is 10.5. The Morgan fingerprint density at radius 2 is 2.10 bits per heavy atom. The molecule has 0 bridgehead atoms. The molecule has 1 N–H and O–H groups in total. The maximum Gasteiger partial charge on any atom is 0.224 e. The van der Waals surface area contributed by atoms with E-state index in [-0.39, 0.29) is 23.4 Å². The van der Waals surface area contributed by atoms with Crippen molar-refractivity contribution in [3.63, 3.8) is 0 Å². The molecule has 1 saturated carbocycles. The van der Waals surface area contributed by atoms with Gasteiger partial charge in [0.15, 0.2) is 5.78 Å². The van der Waals surface area contributed by atoms with Crippen molar-refractivity contribution in [2.24, 2.45) is 5.92 Å². The van der Waals surface area contributed by atoms with Crippen LogP contribution in [0.15, 0.2) is 0 Å². The van der Waals surface area contributed by atoms with E-state index < -0.39 is 6.04 Å². The first-order valence-electron chi connectivity index (χ1n) is 6.34. The molecule has 0 spiro atoms. The van der Waals surface area contributed by atoms with Gasteiger partial charge in [-0.3, -0.25) is 14.4 Å². The molecule has 2 atom stereocenters. The first kappa shape index (κ1) is 19.2. The first-order chi connectivity index (χ1) is 9.46. The molecule has 1 aliphatic carbocycles. The zero-order valence-corrected chi connectivity index (χ0v) is 13.6. The minimum atomic E-state index is -0.435. The molecule has 1 fully saturated rings. The van der Waals surface area contributed by atoms with Crippen LogP contribution in [0.3, 0.4) is 0 Å². The average Bonchev–Trinajstić information content (AvgIpc) is 2.81. The number of hydrogen-bond acceptors (Lipinski definition) is 6. The van der Waals surface area contributed by atoms with Gasteiger partial charge in [0.25, 0.3) is 0 Å². The second-order valence-corrected chi connectivity index (χ2v) is 6.95. The van der Waals surface area contributed by atoms with Crippen molar-refractivity contribution in [1.29, 1.82) is 0 Å². The molecule has 114 valence electrons. The van der Waals surface area contributed by atoms with Gasteiger partial charge >= 0.3 is 0 Å². The standard InChI is InChI=1S/C11H17NO3S2.C2H4O/c1-7(13)10(6-17-16-2)12-11(15)8-3-4-9(14)5-8;1-2-3/h8,10H,3-6H2,1-2H3,(H,12,15);2H,1H3. The minimum Gasteiger partial charge on any atom is -0.345 e. The molecular weight excluding hydrogens is 298 g/mol. The summed E-state index contributed by atoms with van der Waals surface area (Å²) in [6.45, 7) is 2.92. The molecule has 0 radical (unpaired) electrons. The fraction of sp³-hybridized carbons (Fsp3) is 0.692. The number of amides is 1. The molecule has 0 aromatic carbocycles. The summed E-state index contributed by atoms with van der Waals surface area (Å²) >= 11 is 0. The largest absolute Gasteiger partial charge is 0.345 e. The summed E-state index contributed by atoms with van der Waals surface area (Å²) in [4.78, 5) is 43.1. The van der Waals surface area contributed by atoms with E-state index >= 15 is 0 Å². The Hall–Kier alpha value is -0.820. The zero-order valence-electron chi connectivity index (χ0n) is 12.0. The van der Waals surface area contributed by atoms with E-state index in [1.54, 1.807) is 21.6 Å². The van der Waals surface area contributed by atoms with Gasteiger partial charge in [-0.2, -0.15) is 0 Å². The Balaban J connectivity index is 0.00000110. The molecule has 0 heterocycles. The van der Waals surface area contributed by atoms with E-state index in [0.717, 1.165) is 6.29 Å². The van der Waals surface area contributed by atoms with Gasteiger partial charge in [-0.1, -0.05) is 21.6 Å². The Labute approximate surface area is 127 Å². The number of carbonyl (C=O) groups excluding carboxylic acids is 4. The predicted octanol–water partition coefficient (Wildman–Crippen LogP) is 1.65. The maximum absolute atomic E-state index is 11.8. The molecule has 1 amide bonds. The Bertz CT molecular complexity index is 360. The van der Waals surface area contributed by atoms with Gasteiger partial charge < -0.3 is 10.1 Å². The van der Waals surface area contributed by atoms with Crippen LogP contribution in [0.25, 0.3) is 0 Å². The topological polar surface area (TPSA) is 80.3 Å². The summed E-state index contributed by atoms with van der Waals surface area (Å²) in [6, 6.07) is -0.435. The number of ketones is 2. The molecule has 0 aliphatic heterocycles. The van der Waals surface area contributed by atoms with Crippen LogP contribution in [0.1, 0.15) is 33.1 Å². The van der Waals surface area contributed by atoms with Crippen molar-refractivity contribution in [3.8, 4) is 0 Å². The molecule has 2 unspecified atom stereocenters. The SMILES string of the molecule is CC=O.CSSCC(NC(=O)C1CCC(=O)C1)C(C)=O. The number of Topliss-reactive ketones (excluding diaryl/α,β-unsaturated/α-hetero) is 2. The normalized spacial score (nSPS) is 18.8. The van der Waals surface area contributed by atoms with Crippen molar-refractivity contribution >= 4 is 45.3 Å². The molecule has 0 aromatic rings. The van der Waals surface area contributed by atoms with Crippen LogP contribution >= 0.6 is 21.6 Å². The van der Waals surface area contributed by atoms with Crippen LogP contribution in [0.2, 0.25) is 0 Å². The summed E-state index contributed by atoms with van der Waals surface area (Å²) in [5, 5.41) is 2.74. The number of aldehydes is 1. The molecular formula is C13H21NO4S2. The van der Waals surface area contributed by atoms with Crippen LogP contribution < -0.4 is 5.32 Å². The predicted molar refractivity (Wildman–Crippen MR) is 82.7 cm³/mol. The highest BCUT2D eigenvalue weighted by Gasteiger charge is 2.30. The third kappa shape index (κ3) is 7.69. The van der Waals surface area contributed by atoms with Crippen molar-refractivity contribution in [2.75, 3.05) is 12.0 Å². The molecule has 20 heavy (non-hydrogen) atoms. The van der Waals surface area contributed by atoms with Crippen LogP contribution in [-0.4, -0.2) is 41.8 Å². The summed E-state index contributed by atoms with van der Waals surface area (Å²) in [7, 11) is 3.11. The average molecular weight is 319 g/mol.